The van der Waals surface area contributed by atoms with Gasteiger partial charge in [0.05, 0.1) is 13.2 Å². The van der Waals surface area contributed by atoms with Crippen LogP contribution in [0, 0.1) is 0 Å². The van der Waals surface area contributed by atoms with E-state index in [4.69, 9.17) is 9.47 Å². The van der Waals surface area contributed by atoms with Crippen molar-refractivity contribution in [1.82, 2.24) is 10.6 Å². The molecule has 0 aromatic rings. The van der Waals surface area contributed by atoms with Crippen LogP contribution in [0.5, 0.6) is 0 Å². The van der Waals surface area contributed by atoms with Crippen LogP contribution in [0.15, 0.2) is 0 Å². The fourth-order valence-corrected chi connectivity index (χ4v) is 1.63. The fourth-order valence-electron chi connectivity index (χ4n) is 1.63. The normalized spacial score (nSPS) is 36.0. The third kappa shape index (κ3) is 2.17. The van der Waals surface area contributed by atoms with E-state index in [1.54, 1.807) is 0 Å². The highest BCUT2D eigenvalue weighted by atomic mass is 16.5. The van der Waals surface area contributed by atoms with Gasteiger partial charge in [0.15, 0.2) is 0 Å². The van der Waals surface area contributed by atoms with E-state index in [1.165, 1.54) is 0 Å². The summed E-state index contributed by atoms with van der Waals surface area (Å²) in [7, 11) is 0. The minimum atomic E-state index is 0.260. The van der Waals surface area contributed by atoms with Crippen molar-refractivity contribution in [1.29, 1.82) is 0 Å². The minimum Gasteiger partial charge on any atom is -0.362 e. The minimum absolute atomic E-state index is 0.260. The van der Waals surface area contributed by atoms with E-state index >= 15 is 0 Å². The summed E-state index contributed by atoms with van der Waals surface area (Å²) in [6, 6.07) is 0. The van der Waals surface area contributed by atoms with E-state index in [0.29, 0.717) is 0 Å². The number of hydrogen-bond acceptors (Lipinski definition) is 4. The van der Waals surface area contributed by atoms with Crippen molar-refractivity contribution in [3.63, 3.8) is 0 Å². The molecule has 2 aliphatic rings. The maximum Gasteiger partial charge on any atom is 0.108 e. The Morgan fingerprint density at radius 2 is 1.42 bits per heavy atom. The molecule has 0 spiro atoms. The first-order valence-electron chi connectivity index (χ1n) is 4.65. The Labute approximate surface area is 72.6 Å². The summed E-state index contributed by atoms with van der Waals surface area (Å²) >= 11 is 0. The van der Waals surface area contributed by atoms with Crippen molar-refractivity contribution in [3.8, 4) is 0 Å². The Kier molecular flexibility index (Phi) is 2.94. The van der Waals surface area contributed by atoms with Gasteiger partial charge in [-0.1, -0.05) is 0 Å². The predicted molar refractivity (Wildman–Crippen MR) is 44.7 cm³/mol. The van der Waals surface area contributed by atoms with E-state index in [-0.39, 0.29) is 12.5 Å². The van der Waals surface area contributed by atoms with Crippen molar-refractivity contribution in [2.45, 2.75) is 25.3 Å². The third-order valence-electron chi connectivity index (χ3n) is 2.28. The van der Waals surface area contributed by atoms with Gasteiger partial charge in [-0.05, 0) is 12.8 Å². The van der Waals surface area contributed by atoms with Crippen LogP contribution in [0.1, 0.15) is 12.8 Å². The molecular weight excluding hydrogens is 156 g/mol. The van der Waals surface area contributed by atoms with Gasteiger partial charge in [-0.3, -0.25) is 10.6 Å². The summed E-state index contributed by atoms with van der Waals surface area (Å²) < 4.78 is 10.8. The summed E-state index contributed by atoms with van der Waals surface area (Å²) in [6.07, 6.45) is 2.60. The van der Waals surface area contributed by atoms with Crippen LogP contribution in [0.2, 0.25) is 0 Å². The molecule has 2 atom stereocenters. The van der Waals surface area contributed by atoms with E-state index in [9.17, 15) is 0 Å². The Balaban J connectivity index is 1.60. The monoisotopic (exact) mass is 172 g/mol. The molecule has 12 heavy (non-hydrogen) atoms. The molecule has 4 heteroatoms. The van der Waals surface area contributed by atoms with Crippen LogP contribution in [0.4, 0.5) is 0 Å². The Bertz CT molecular complexity index is 115. The molecule has 2 rings (SSSR count). The maximum absolute atomic E-state index is 5.42. The molecule has 0 aliphatic carbocycles. The van der Waals surface area contributed by atoms with Gasteiger partial charge in [0.1, 0.15) is 12.5 Å². The smallest absolute Gasteiger partial charge is 0.108 e. The second-order valence-corrected chi connectivity index (χ2v) is 3.20. The molecule has 0 aromatic heterocycles. The molecule has 2 saturated heterocycles. The molecule has 4 nitrogen and oxygen atoms in total. The predicted octanol–water partition coefficient (Wildman–Crippen LogP) is -0.342. The Hall–Kier alpha value is -0.160. The molecule has 0 saturated carbocycles. The van der Waals surface area contributed by atoms with Crippen molar-refractivity contribution in [3.05, 3.63) is 0 Å². The SMILES string of the molecule is C1COC(CCC2NCCO2)N1. The van der Waals surface area contributed by atoms with Gasteiger partial charge in [0.2, 0.25) is 0 Å². The second-order valence-electron chi connectivity index (χ2n) is 3.20. The van der Waals surface area contributed by atoms with Gasteiger partial charge in [0.25, 0.3) is 0 Å². The summed E-state index contributed by atoms with van der Waals surface area (Å²) in [4.78, 5) is 0. The molecule has 0 bridgehead atoms. The number of ether oxygens (including phenoxy) is 2. The average Bonchev–Trinajstić information content (AvgIpc) is 2.74. The first-order valence-corrected chi connectivity index (χ1v) is 4.65. The zero-order valence-corrected chi connectivity index (χ0v) is 7.21. The first-order chi connectivity index (χ1) is 5.95. The Morgan fingerprint density at radius 3 is 1.75 bits per heavy atom. The topological polar surface area (TPSA) is 42.5 Å². The molecule has 2 heterocycles. The third-order valence-corrected chi connectivity index (χ3v) is 2.28. The van der Waals surface area contributed by atoms with Gasteiger partial charge in [-0.2, -0.15) is 0 Å². The fraction of sp³-hybridized carbons (Fsp3) is 1.00. The lowest BCUT2D eigenvalue weighted by atomic mass is 10.2. The second kappa shape index (κ2) is 4.18. The molecule has 70 valence electrons. The summed E-state index contributed by atoms with van der Waals surface area (Å²) in [6.45, 7) is 3.68. The van der Waals surface area contributed by atoms with Crippen molar-refractivity contribution in [2.75, 3.05) is 26.3 Å². The van der Waals surface area contributed by atoms with Crippen molar-refractivity contribution >= 4 is 0 Å². The van der Waals surface area contributed by atoms with Gasteiger partial charge >= 0.3 is 0 Å². The van der Waals surface area contributed by atoms with E-state index in [2.05, 4.69) is 10.6 Å². The summed E-state index contributed by atoms with van der Waals surface area (Å²) in [5.74, 6) is 0. The van der Waals surface area contributed by atoms with E-state index in [1.807, 2.05) is 0 Å². The average molecular weight is 172 g/mol. The van der Waals surface area contributed by atoms with Gasteiger partial charge in [-0.25, -0.2) is 0 Å². The van der Waals surface area contributed by atoms with Crippen LogP contribution >= 0.6 is 0 Å². The molecule has 2 aliphatic heterocycles. The highest BCUT2D eigenvalue weighted by molar-refractivity contribution is 4.68. The lowest BCUT2D eigenvalue weighted by Crippen LogP contribution is -2.28. The van der Waals surface area contributed by atoms with Crippen LogP contribution in [0.3, 0.4) is 0 Å². The highest BCUT2D eigenvalue weighted by Gasteiger charge is 2.19. The molecule has 2 N–H and O–H groups in total. The highest BCUT2D eigenvalue weighted by Crippen LogP contribution is 2.09. The quantitative estimate of drug-likeness (QED) is 0.611. The zero-order valence-electron chi connectivity index (χ0n) is 7.21. The lowest BCUT2D eigenvalue weighted by Gasteiger charge is -2.13. The molecule has 0 radical (unpaired) electrons. The van der Waals surface area contributed by atoms with E-state index < -0.39 is 0 Å². The van der Waals surface area contributed by atoms with Gasteiger partial charge < -0.3 is 9.47 Å². The van der Waals surface area contributed by atoms with Crippen LogP contribution in [-0.2, 0) is 9.47 Å². The standard InChI is InChI=1S/C8H16N2O2/c1(7-9-3-5-11-7)2-8-10-4-6-12-8/h7-10H,1-6H2. The molecular formula is C8H16N2O2. The number of nitrogens with one attached hydrogen (secondary N) is 2. The first kappa shape index (κ1) is 8.44. The maximum atomic E-state index is 5.42. The molecule has 2 unspecified atom stereocenters. The van der Waals surface area contributed by atoms with Gasteiger partial charge in [0, 0.05) is 13.1 Å². The molecule has 2 fully saturated rings. The Morgan fingerprint density at radius 1 is 0.917 bits per heavy atom. The summed E-state index contributed by atoms with van der Waals surface area (Å²) in [5.41, 5.74) is 0. The van der Waals surface area contributed by atoms with Crippen LogP contribution in [0.25, 0.3) is 0 Å². The van der Waals surface area contributed by atoms with Crippen molar-refractivity contribution < 1.29 is 9.47 Å². The summed E-state index contributed by atoms with van der Waals surface area (Å²) in [5, 5.41) is 6.55. The molecule has 0 amide bonds. The molecule has 0 aromatic carbocycles. The van der Waals surface area contributed by atoms with Crippen LogP contribution < -0.4 is 10.6 Å². The lowest BCUT2D eigenvalue weighted by molar-refractivity contribution is 0.0539. The van der Waals surface area contributed by atoms with E-state index in [0.717, 1.165) is 39.1 Å². The van der Waals surface area contributed by atoms with Crippen molar-refractivity contribution in [2.24, 2.45) is 0 Å². The zero-order chi connectivity index (χ0) is 8.23. The van der Waals surface area contributed by atoms with Crippen LogP contribution in [-0.4, -0.2) is 38.8 Å². The number of rotatable bonds is 3. The largest absolute Gasteiger partial charge is 0.362 e. The van der Waals surface area contributed by atoms with Gasteiger partial charge in [-0.15, -0.1) is 0 Å². The number of hydrogen-bond donors (Lipinski definition) is 2.